The Kier molecular flexibility index (Phi) is 4.86. The van der Waals surface area contributed by atoms with Gasteiger partial charge in [0.1, 0.15) is 12.1 Å². The molecule has 1 heterocycles. The summed E-state index contributed by atoms with van der Waals surface area (Å²) in [7, 11) is 0. The van der Waals surface area contributed by atoms with E-state index in [1.165, 1.54) is 0 Å². The van der Waals surface area contributed by atoms with Gasteiger partial charge < -0.3 is 11.1 Å². The number of nitrogens with two attached hydrogens (primary N) is 1. The van der Waals surface area contributed by atoms with Crippen molar-refractivity contribution in [1.82, 2.24) is 9.97 Å². The van der Waals surface area contributed by atoms with Gasteiger partial charge in [0.25, 0.3) is 0 Å². The molecule has 3 N–H and O–H groups in total. The van der Waals surface area contributed by atoms with Crippen LogP contribution >= 0.6 is 0 Å². The van der Waals surface area contributed by atoms with Crippen molar-refractivity contribution in [2.45, 2.75) is 25.8 Å². The van der Waals surface area contributed by atoms with Gasteiger partial charge >= 0.3 is 0 Å². The van der Waals surface area contributed by atoms with E-state index in [0.717, 1.165) is 29.9 Å². The lowest BCUT2D eigenvalue weighted by atomic mass is 10.1. The molecule has 2 rings (SSSR count). The highest BCUT2D eigenvalue weighted by Gasteiger charge is 2.05. The van der Waals surface area contributed by atoms with E-state index >= 15 is 0 Å². The highest BCUT2D eigenvalue weighted by molar-refractivity contribution is 5.35. The van der Waals surface area contributed by atoms with Crippen LogP contribution in [0.3, 0.4) is 0 Å². The summed E-state index contributed by atoms with van der Waals surface area (Å²) >= 11 is 0. The molecule has 4 heteroatoms. The zero-order chi connectivity index (χ0) is 13.5. The minimum atomic E-state index is -0.0363. The van der Waals surface area contributed by atoms with Crippen LogP contribution in [-0.4, -0.2) is 16.5 Å². The molecule has 0 saturated heterocycles. The molecule has 0 aliphatic carbocycles. The monoisotopic (exact) mass is 256 g/mol. The minimum absolute atomic E-state index is 0.0363. The Bertz CT molecular complexity index is 499. The number of anilines is 1. The van der Waals surface area contributed by atoms with Crippen molar-refractivity contribution in [3.8, 4) is 0 Å². The lowest BCUT2D eigenvalue weighted by Crippen LogP contribution is -2.21. The molecule has 1 unspecified atom stereocenters. The van der Waals surface area contributed by atoms with E-state index in [4.69, 9.17) is 5.73 Å². The molecule has 0 spiro atoms. The molecule has 0 bridgehead atoms. The van der Waals surface area contributed by atoms with Gasteiger partial charge in [-0.1, -0.05) is 43.7 Å². The number of hydrogen-bond donors (Lipinski definition) is 2. The van der Waals surface area contributed by atoms with Crippen LogP contribution < -0.4 is 11.1 Å². The van der Waals surface area contributed by atoms with Crippen molar-refractivity contribution >= 4 is 5.82 Å². The SMILES string of the molecule is CCCc1cc(NCC(N)c2ccccc2)ncn1. The number of aromatic nitrogens is 2. The summed E-state index contributed by atoms with van der Waals surface area (Å²) in [5.41, 5.74) is 8.32. The van der Waals surface area contributed by atoms with Crippen molar-refractivity contribution in [3.05, 3.63) is 54.0 Å². The standard InChI is InChI=1S/C15H20N4/c1-2-6-13-9-15(19-11-18-13)17-10-14(16)12-7-4-3-5-8-12/h3-5,7-9,11,14H,2,6,10,16H2,1H3,(H,17,18,19). The number of rotatable bonds is 6. The molecular formula is C15H20N4. The maximum Gasteiger partial charge on any atom is 0.129 e. The van der Waals surface area contributed by atoms with Gasteiger partial charge in [0.15, 0.2) is 0 Å². The van der Waals surface area contributed by atoms with Gasteiger partial charge in [0.2, 0.25) is 0 Å². The van der Waals surface area contributed by atoms with Crippen LogP contribution in [0.5, 0.6) is 0 Å². The van der Waals surface area contributed by atoms with Gasteiger partial charge in [-0.2, -0.15) is 0 Å². The number of benzene rings is 1. The Morgan fingerprint density at radius 2 is 2.00 bits per heavy atom. The summed E-state index contributed by atoms with van der Waals surface area (Å²) in [5.74, 6) is 0.838. The normalized spacial score (nSPS) is 12.1. The second-order valence-electron chi connectivity index (χ2n) is 4.54. The van der Waals surface area contributed by atoms with Gasteiger partial charge in [-0.25, -0.2) is 9.97 Å². The second-order valence-corrected chi connectivity index (χ2v) is 4.54. The van der Waals surface area contributed by atoms with Crippen LogP contribution in [0.1, 0.15) is 30.6 Å². The van der Waals surface area contributed by atoms with E-state index in [1.54, 1.807) is 6.33 Å². The Labute approximate surface area is 114 Å². The topological polar surface area (TPSA) is 63.8 Å². The van der Waals surface area contributed by atoms with Crippen LogP contribution in [0.15, 0.2) is 42.7 Å². The van der Waals surface area contributed by atoms with Crippen molar-refractivity contribution in [2.75, 3.05) is 11.9 Å². The van der Waals surface area contributed by atoms with E-state index < -0.39 is 0 Å². The zero-order valence-corrected chi connectivity index (χ0v) is 11.2. The Morgan fingerprint density at radius 3 is 2.74 bits per heavy atom. The van der Waals surface area contributed by atoms with E-state index in [2.05, 4.69) is 22.2 Å². The number of hydrogen-bond acceptors (Lipinski definition) is 4. The first-order chi connectivity index (χ1) is 9.29. The summed E-state index contributed by atoms with van der Waals surface area (Å²) in [5, 5.41) is 3.27. The molecule has 0 aliphatic heterocycles. The van der Waals surface area contributed by atoms with Crippen LogP contribution in [0.25, 0.3) is 0 Å². The molecule has 0 radical (unpaired) electrons. The molecule has 1 aromatic carbocycles. The summed E-state index contributed by atoms with van der Waals surface area (Å²) in [6.07, 6.45) is 3.66. The average molecular weight is 256 g/mol. The van der Waals surface area contributed by atoms with E-state index in [1.807, 2.05) is 36.4 Å². The van der Waals surface area contributed by atoms with Gasteiger partial charge in [-0.15, -0.1) is 0 Å². The molecule has 19 heavy (non-hydrogen) atoms. The smallest absolute Gasteiger partial charge is 0.129 e. The van der Waals surface area contributed by atoms with Crippen LogP contribution in [0.4, 0.5) is 5.82 Å². The van der Waals surface area contributed by atoms with Crippen molar-refractivity contribution < 1.29 is 0 Å². The summed E-state index contributed by atoms with van der Waals surface area (Å²) in [6.45, 7) is 2.80. The Morgan fingerprint density at radius 1 is 1.21 bits per heavy atom. The number of nitrogens with zero attached hydrogens (tertiary/aromatic N) is 2. The molecule has 0 fully saturated rings. The molecular weight excluding hydrogens is 236 g/mol. The lowest BCUT2D eigenvalue weighted by Gasteiger charge is -2.13. The Balaban J connectivity index is 1.93. The molecule has 0 aliphatic rings. The van der Waals surface area contributed by atoms with Gasteiger partial charge in [-0.3, -0.25) is 0 Å². The largest absolute Gasteiger partial charge is 0.368 e. The van der Waals surface area contributed by atoms with Crippen LogP contribution in [0.2, 0.25) is 0 Å². The Hall–Kier alpha value is -1.94. The molecule has 0 amide bonds. The van der Waals surface area contributed by atoms with E-state index in [0.29, 0.717) is 6.54 Å². The molecule has 0 saturated carbocycles. The van der Waals surface area contributed by atoms with Crippen molar-refractivity contribution in [1.29, 1.82) is 0 Å². The second kappa shape index (κ2) is 6.85. The van der Waals surface area contributed by atoms with Crippen molar-refractivity contribution in [2.24, 2.45) is 5.73 Å². The maximum absolute atomic E-state index is 6.13. The van der Waals surface area contributed by atoms with Crippen molar-refractivity contribution in [3.63, 3.8) is 0 Å². The van der Waals surface area contributed by atoms with Gasteiger partial charge in [0, 0.05) is 24.3 Å². The first-order valence-electron chi connectivity index (χ1n) is 6.65. The third-order valence-electron chi connectivity index (χ3n) is 2.96. The predicted octanol–water partition coefficient (Wildman–Crippen LogP) is 2.54. The number of aryl methyl sites for hydroxylation is 1. The maximum atomic E-state index is 6.13. The lowest BCUT2D eigenvalue weighted by molar-refractivity contribution is 0.760. The van der Waals surface area contributed by atoms with Gasteiger partial charge in [0.05, 0.1) is 0 Å². The molecule has 1 aromatic heterocycles. The fourth-order valence-corrected chi connectivity index (χ4v) is 1.92. The predicted molar refractivity (Wildman–Crippen MR) is 77.9 cm³/mol. The summed E-state index contributed by atoms with van der Waals surface area (Å²) < 4.78 is 0. The van der Waals surface area contributed by atoms with E-state index in [-0.39, 0.29) is 6.04 Å². The highest BCUT2D eigenvalue weighted by Crippen LogP contribution is 2.11. The first-order valence-corrected chi connectivity index (χ1v) is 6.65. The van der Waals surface area contributed by atoms with Gasteiger partial charge in [-0.05, 0) is 12.0 Å². The molecule has 1 atom stereocenters. The minimum Gasteiger partial charge on any atom is -0.368 e. The zero-order valence-electron chi connectivity index (χ0n) is 11.2. The molecule has 2 aromatic rings. The van der Waals surface area contributed by atoms with E-state index in [9.17, 15) is 0 Å². The van der Waals surface area contributed by atoms with Crippen LogP contribution in [0, 0.1) is 0 Å². The fraction of sp³-hybridized carbons (Fsp3) is 0.333. The van der Waals surface area contributed by atoms with Crippen LogP contribution in [-0.2, 0) is 6.42 Å². The average Bonchev–Trinajstić information content (AvgIpc) is 2.46. The summed E-state index contributed by atoms with van der Waals surface area (Å²) in [6, 6.07) is 12.0. The number of nitrogens with one attached hydrogen (secondary N) is 1. The third kappa shape index (κ3) is 4.03. The quantitative estimate of drug-likeness (QED) is 0.833. The fourth-order valence-electron chi connectivity index (χ4n) is 1.92. The third-order valence-corrected chi connectivity index (χ3v) is 2.96. The summed E-state index contributed by atoms with van der Waals surface area (Å²) in [4.78, 5) is 8.44. The molecule has 4 nitrogen and oxygen atoms in total. The first kappa shape index (κ1) is 13.5. The highest BCUT2D eigenvalue weighted by atomic mass is 15.0. The molecule has 100 valence electrons.